The highest BCUT2D eigenvalue weighted by Gasteiger charge is 2.15. The Balaban J connectivity index is 0.000000609. The van der Waals surface area contributed by atoms with Gasteiger partial charge in [0.25, 0.3) is 0 Å². The Kier molecular flexibility index (Phi) is 19.0. The normalized spacial score (nSPS) is 10.4. The molecule has 1 heterocycles. The predicted molar refractivity (Wildman–Crippen MR) is 105 cm³/mol. The zero-order valence-electron chi connectivity index (χ0n) is 16.5. The highest BCUT2D eigenvalue weighted by atomic mass is 31.1. The summed E-state index contributed by atoms with van der Waals surface area (Å²) in [7, 11) is -1.83. The number of aromatic nitrogens is 2. The second-order valence-corrected chi connectivity index (χ2v) is 6.99. The summed E-state index contributed by atoms with van der Waals surface area (Å²) in [5, 5.41) is 0. The van der Waals surface area contributed by atoms with Crippen LogP contribution in [0.5, 0.6) is 0 Å². The first kappa shape index (κ1) is 24.2. The van der Waals surface area contributed by atoms with Crippen LogP contribution in [-0.2, 0) is 20.0 Å². The van der Waals surface area contributed by atoms with Crippen molar-refractivity contribution in [3.8, 4) is 0 Å². The SMILES string of the molecule is CCCCCCCCCCCCc1ncc[nH]1.CCO[P+](=O)OCC. The summed E-state index contributed by atoms with van der Waals surface area (Å²) in [5.41, 5.74) is 0. The molecule has 1 rings (SSSR count). The number of hydrogen-bond donors (Lipinski definition) is 1. The van der Waals surface area contributed by atoms with Gasteiger partial charge in [-0.05, 0) is 20.3 Å². The van der Waals surface area contributed by atoms with E-state index < -0.39 is 8.25 Å². The lowest BCUT2D eigenvalue weighted by Crippen LogP contribution is -1.88. The Morgan fingerprint density at radius 1 is 0.880 bits per heavy atom. The smallest absolute Gasteiger partial charge is 0.349 e. The summed E-state index contributed by atoms with van der Waals surface area (Å²) < 4.78 is 19.5. The third-order valence-electron chi connectivity index (χ3n) is 3.79. The van der Waals surface area contributed by atoms with Crippen LogP contribution in [0.25, 0.3) is 0 Å². The fourth-order valence-electron chi connectivity index (χ4n) is 2.46. The number of aromatic amines is 1. The monoisotopic (exact) mass is 373 g/mol. The maximum absolute atomic E-state index is 10.3. The van der Waals surface area contributed by atoms with Crippen LogP contribution >= 0.6 is 8.25 Å². The van der Waals surface area contributed by atoms with Gasteiger partial charge in [-0.15, -0.1) is 9.05 Å². The summed E-state index contributed by atoms with van der Waals surface area (Å²) in [6.45, 7) is 6.70. The lowest BCUT2D eigenvalue weighted by molar-refractivity contribution is 0.243. The Labute approximate surface area is 155 Å². The molecular formula is C19H38N2O3P+. The predicted octanol–water partition coefficient (Wildman–Crippen LogP) is 6.59. The van der Waals surface area contributed by atoms with Gasteiger partial charge in [0.2, 0.25) is 0 Å². The van der Waals surface area contributed by atoms with Crippen molar-refractivity contribution >= 4 is 8.25 Å². The van der Waals surface area contributed by atoms with Gasteiger partial charge in [0, 0.05) is 23.4 Å². The molecule has 1 aromatic rings. The van der Waals surface area contributed by atoms with Gasteiger partial charge in [-0.1, -0.05) is 64.7 Å². The minimum absolute atomic E-state index is 0.440. The van der Waals surface area contributed by atoms with Crippen LogP contribution in [0.3, 0.4) is 0 Å². The van der Waals surface area contributed by atoms with Gasteiger partial charge in [0.15, 0.2) is 0 Å². The van der Waals surface area contributed by atoms with Crippen LogP contribution in [0.2, 0.25) is 0 Å². The minimum atomic E-state index is -1.83. The molecule has 1 aromatic heterocycles. The van der Waals surface area contributed by atoms with Crippen molar-refractivity contribution in [1.82, 2.24) is 9.97 Å². The van der Waals surface area contributed by atoms with E-state index in [9.17, 15) is 4.57 Å². The van der Waals surface area contributed by atoms with Gasteiger partial charge in [-0.3, -0.25) is 0 Å². The largest absolute Gasteiger partial charge is 0.697 e. The maximum atomic E-state index is 10.3. The molecule has 0 aliphatic rings. The van der Waals surface area contributed by atoms with Crippen molar-refractivity contribution in [3.63, 3.8) is 0 Å². The van der Waals surface area contributed by atoms with E-state index in [4.69, 9.17) is 0 Å². The molecule has 146 valence electrons. The van der Waals surface area contributed by atoms with Crippen LogP contribution in [0.1, 0.15) is 90.8 Å². The Bertz CT molecular complexity index is 378. The second-order valence-electron chi connectivity index (χ2n) is 6.03. The molecule has 25 heavy (non-hydrogen) atoms. The minimum Gasteiger partial charge on any atom is -0.349 e. The Hall–Kier alpha value is -0.770. The van der Waals surface area contributed by atoms with Gasteiger partial charge in [-0.2, -0.15) is 0 Å². The van der Waals surface area contributed by atoms with Crippen LogP contribution in [0.15, 0.2) is 12.4 Å². The van der Waals surface area contributed by atoms with E-state index in [1.54, 1.807) is 13.8 Å². The Morgan fingerprint density at radius 2 is 1.40 bits per heavy atom. The summed E-state index contributed by atoms with van der Waals surface area (Å²) >= 11 is 0. The molecule has 0 aromatic carbocycles. The zero-order chi connectivity index (χ0) is 18.6. The molecule has 0 bridgehead atoms. The number of H-pyrrole nitrogens is 1. The molecule has 0 spiro atoms. The number of aryl methyl sites for hydroxylation is 1. The van der Waals surface area contributed by atoms with Crippen molar-refractivity contribution in [3.05, 3.63) is 18.2 Å². The lowest BCUT2D eigenvalue weighted by atomic mass is 10.1. The van der Waals surface area contributed by atoms with Crippen molar-refractivity contribution in [1.29, 1.82) is 0 Å². The van der Waals surface area contributed by atoms with Crippen LogP contribution in [-0.4, -0.2) is 23.2 Å². The van der Waals surface area contributed by atoms with Gasteiger partial charge in [0.1, 0.15) is 19.0 Å². The molecule has 0 unspecified atom stereocenters. The van der Waals surface area contributed by atoms with E-state index in [1.165, 1.54) is 64.2 Å². The second kappa shape index (κ2) is 19.6. The van der Waals surface area contributed by atoms with Crippen molar-refractivity contribution in [2.24, 2.45) is 0 Å². The molecule has 0 atom stereocenters. The molecule has 1 N–H and O–H groups in total. The summed E-state index contributed by atoms with van der Waals surface area (Å²) in [6.07, 6.45) is 18.9. The number of imidazole rings is 1. The van der Waals surface area contributed by atoms with Gasteiger partial charge in [-0.25, -0.2) is 4.98 Å². The summed E-state index contributed by atoms with van der Waals surface area (Å²) in [4.78, 5) is 7.39. The number of rotatable bonds is 15. The third-order valence-corrected chi connectivity index (χ3v) is 4.73. The topological polar surface area (TPSA) is 64.2 Å². The molecule has 0 radical (unpaired) electrons. The average molecular weight is 373 g/mol. The fraction of sp³-hybridized carbons (Fsp3) is 0.842. The maximum Gasteiger partial charge on any atom is 0.697 e. The van der Waals surface area contributed by atoms with E-state index in [0.29, 0.717) is 13.2 Å². The van der Waals surface area contributed by atoms with E-state index in [-0.39, 0.29) is 0 Å². The van der Waals surface area contributed by atoms with E-state index in [1.807, 2.05) is 12.4 Å². The fourth-order valence-corrected chi connectivity index (χ4v) is 2.96. The molecule has 0 saturated carbocycles. The molecule has 0 amide bonds. The zero-order valence-corrected chi connectivity index (χ0v) is 17.4. The van der Waals surface area contributed by atoms with Crippen LogP contribution in [0, 0.1) is 0 Å². The van der Waals surface area contributed by atoms with E-state index in [0.717, 1.165) is 12.2 Å². The highest BCUT2D eigenvalue weighted by Crippen LogP contribution is 2.21. The summed E-state index contributed by atoms with van der Waals surface area (Å²) in [5.74, 6) is 1.14. The van der Waals surface area contributed by atoms with Crippen LogP contribution in [0.4, 0.5) is 0 Å². The van der Waals surface area contributed by atoms with Crippen LogP contribution < -0.4 is 0 Å². The third kappa shape index (κ3) is 17.8. The van der Waals surface area contributed by atoms with Crippen molar-refractivity contribution in [2.45, 2.75) is 91.4 Å². The first-order valence-electron chi connectivity index (χ1n) is 9.95. The first-order valence-corrected chi connectivity index (χ1v) is 11.0. The van der Waals surface area contributed by atoms with E-state index >= 15 is 0 Å². The van der Waals surface area contributed by atoms with E-state index in [2.05, 4.69) is 25.9 Å². The average Bonchev–Trinajstić information content (AvgIpc) is 3.11. The lowest BCUT2D eigenvalue weighted by Gasteiger charge is -2.01. The van der Waals surface area contributed by atoms with Gasteiger partial charge >= 0.3 is 8.25 Å². The molecule has 0 aliphatic carbocycles. The molecule has 0 saturated heterocycles. The van der Waals surface area contributed by atoms with Gasteiger partial charge < -0.3 is 4.98 Å². The Morgan fingerprint density at radius 3 is 1.84 bits per heavy atom. The molecule has 6 heteroatoms. The first-order chi connectivity index (χ1) is 12.2. The quantitative estimate of drug-likeness (QED) is 0.278. The number of nitrogens with one attached hydrogen (secondary N) is 1. The van der Waals surface area contributed by atoms with Crippen molar-refractivity contribution < 1.29 is 13.6 Å². The molecule has 0 fully saturated rings. The van der Waals surface area contributed by atoms with Gasteiger partial charge in [0.05, 0.1) is 0 Å². The molecule has 5 nitrogen and oxygen atoms in total. The molecule has 0 aliphatic heterocycles. The standard InChI is InChI=1S/C15H28N2.C4H10O3P/c1-2-3-4-5-6-7-8-9-10-11-12-15-16-13-14-17-15;1-3-6-8(5)7-4-2/h13-14H,2-12H2,1H3,(H,16,17);3-4H2,1-2H3/q;+1. The number of unbranched alkanes of at least 4 members (excludes halogenated alkanes) is 9. The molecular weight excluding hydrogens is 335 g/mol. The number of nitrogens with zero attached hydrogens (tertiary/aromatic N) is 1. The summed E-state index contributed by atoms with van der Waals surface area (Å²) in [6, 6.07) is 0. The number of hydrogen-bond acceptors (Lipinski definition) is 4. The van der Waals surface area contributed by atoms with Crippen molar-refractivity contribution in [2.75, 3.05) is 13.2 Å². The highest BCUT2D eigenvalue weighted by molar-refractivity contribution is 7.33.